The Labute approximate surface area is 189 Å². The van der Waals surface area contributed by atoms with Crippen molar-refractivity contribution in [3.05, 3.63) is 71.5 Å². The third-order valence-electron chi connectivity index (χ3n) is 6.84. The molecule has 2 fully saturated rings. The van der Waals surface area contributed by atoms with Crippen LogP contribution in [0.2, 0.25) is 0 Å². The number of benzene rings is 2. The first kappa shape index (κ1) is 22.5. The molecule has 1 aliphatic heterocycles. The molecule has 2 aromatic rings. The van der Waals surface area contributed by atoms with E-state index in [-0.39, 0.29) is 23.9 Å². The van der Waals surface area contributed by atoms with Crippen LogP contribution in [0.3, 0.4) is 0 Å². The van der Waals surface area contributed by atoms with E-state index in [9.17, 15) is 14.0 Å². The van der Waals surface area contributed by atoms with Crippen LogP contribution in [-0.2, 0) is 4.79 Å². The molecule has 6 heteroatoms. The molecule has 0 radical (unpaired) electrons. The fraction of sp³-hybridized carbons (Fsp3) is 0.462. The summed E-state index contributed by atoms with van der Waals surface area (Å²) >= 11 is 0. The zero-order valence-electron chi connectivity index (χ0n) is 18.7. The first-order chi connectivity index (χ1) is 15.5. The van der Waals surface area contributed by atoms with Gasteiger partial charge in [-0.3, -0.25) is 14.5 Å². The molecular formula is C26H32FN3O2. The molecular weight excluding hydrogens is 405 g/mol. The van der Waals surface area contributed by atoms with E-state index >= 15 is 0 Å². The Kier molecular flexibility index (Phi) is 7.20. The summed E-state index contributed by atoms with van der Waals surface area (Å²) in [6.45, 7) is 4.40. The van der Waals surface area contributed by atoms with E-state index in [1.807, 2.05) is 37.3 Å². The maximum atomic E-state index is 13.5. The number of hydrogen-bond acceptors (Lipinski definition) is 3. The number of piperazine rings is 1. The van der Waals surface area contributed by atoms with Gasteiger partial charge in [0.25, 0.3) is 5.91 Å². The Balaban J connectivity index is 1.41. The van der Waals surface area contributed by atoms with Crippen molar-refractivity contribution >= 4 is 11.8 Å². The van der Waals surface area contributed by atoms with Crippen LogP contribution in [0.15, 0.2) is 54.6 Å². The van der Waals surface area contributed by atoms with Gasteiger partial charge in [-0.15, -0.1) is 0 Å². The van der Waals surface area contributed by atoms with Gasteiger partial charge < -0.3 is 10.2 Å². The van der Waals surface area contributed by atoms with Gasteiger partial charge in [-0.05, 0) is 49.4 Å². The molecule has 2 aromatic carbocycles. The Morgan fingerprint density at radius 2 is 1.66 bits per heavy atom. The van der Waals surface area contributed by atoms with Gasteiger partial charge in [-0.1, -0.05) is 49.2 Å². The highest BCUT2D eigenvalue weighted by Gasteiger charge is 2.37. The first-order valence-electron chi connectivity index (χ1n) is 11.7. The summed E-state index contributed by atoms with van der Waals surface area (Å²) in [5.41, 5.74) is 1.47. The molecule has 1 saturated heterocycles. The number of hydrogen-bond donors (Lipinski definition) is 1. The number of amides is 2. The Morgan fingerprint density at radius 3 is 2.31 bits per heavy atom. The van der Waals surface area contributed by atoms with Crippen molar-refractivity contribution < 1.29 is 14.0 Å². The second kappa shape index (κ2) is 10.3. The molecule has 0 aromatic heterocycles. The Hall–Kier alpha value is -2.73. The summed E-state index contributed by atoms with van der Waals surface area (Å²) in [6.07, 6.45) is 4.47. The molecule has 1 N–H and O–H groups in total. The lowest BCUT2D eigenvalue weighted by atomic mass is 9.94. The molecule has 1 aliphatic carbocycles. The van der Waals surface area contributed by atoms with E-state index in [0.717, 1.165) is 18.4 Å². The van der Waals surface area contributed by atoms with Gasteiger partial charge in [-0.2, -0.15) is 0 Å². The minimum atomic E-state index is -0.403. The lowest BCUT2D eigenvalue weighted by Crippen LogP contribution is -2.58. The van der Waals surface area contributed by atoms with Crippen molar-refractivity contribution in [2.45, 2.75) is 44.7 Å². The van der Waals surface area contributed by atoms with E-state index in [2.05, 4.69) is 10.2 Å². The average Bonchev–Trinajstić information content (AvgIpc) is 3.34. The van der Waals surface area contributed by atoms with Gasteiger partial charge in [0.15, 0.2) is 0 Å². The molecule has 1 heterocycles. The Bertz CT molecular complexity index is 922. The van der Waals surface area contributed by atoms with Crippen molar-refractivity contribution in [2.24, 2.45) is 5.92 Å². The van der Waals surface area contributed by atoms with Crippen LogP contribution in [0, 0.1) is 11.7 Å². The quantitative estimate of drug-likeness (QED) is 0.743. The van der Waals surface area contributed by atoms with Gasteiger partial charge in [-0.25, -0.2) is 4.39 Å². The molecule has 5 nitrogen and oxygen atoms in total. The van der Waals surface area contributed by atoms with E-state index < -0.39 is 5.82 Å². The summed E-state index contributed by atoms with van der Waals surface area (Å²) in [5.74, 6) is -0.120. The summed E-state index contributed by atoms with van der Waals surface area (Å²) in [4.78, 5) is 30.2. The zero-order chi connectivity index (χ0) is 22.5. The Morgan fingerprint density at radius 1 is 0.969 bits per heavy atom. The lowest BCUT2D eigenvalue weighted by molar-refractivity contribution is -0.129. The SMILES string of the molecule is CC(NC(=O)C(C1CCCC1)N1CCN(C(=O)c2cccc(F)c2)CC1)c1ccccc1. The van der Waals surface area contributed by atoms with Gasteiger partial charge in [0.1, 0.15) is 5.82 Å². The average molecular weight is 438 g/mol. The molecule has 0 bridgehead atoms. The normalized spacial score (nSPS) is 19.5. The monoisotopic (exact) mass is 437 g/mol. The smallest absolute Gasteiger partial charge is 0.254 e. The topological polar surface area (TPSA) is 52.7 Å². The van der Waals surface area contributed by atoms with Gasteiger partial charge in [0.2, 0.25) is 5.91 Å². The number of carbonyl (C=O) groups excluding carboxylic acids is 2. The number of halogens is 1. The third-order valence-corrected chi connectivity index (χ3v) is 6.84. The molecule has 1 saturated carbocycles. The second-order valence-corrected chi connectivity index (χ2v) is 8.97. The number of rotatable bonds is 6. The zero-order valence-corrected chi connectivity index (χ0v) is 18.7. The van der Waals surface area contributed by atoms with Crippen molar-refractivity contribution in [3.63, 3.8) is 0 Å². The summed E-state index contributed by atoms with van der Waals surface area (Å²) in [5, 5.41) is 3.23. The fourth-order valence-corrected chi connectivity index (χ4v) is 5.08. The highest BCUT2D eigenvalue weighted by molar-refractivity contribution is 5.94. The van der Waals surface area contributed by atoms with Crippen molar-refractivity contribution in [2.75, 3.05) is 26.2 Å². The molecule has 2 amide bonds. The molecule has 32 heavy (non-hydrogen) atoms. The van der Waals surface area contributed by atoms with Crippen molar-refractivity contribution in [1.82, 2.24) is 15.1 Å². The van der Waals surface area contributed by atoms with Crippen LogP contribution in [0.1, 0.15) is 54.6 Å². The summed E-state index contributed by atoms with van der Waals surface area (Å²) in [7, 11) is 0. The number of nitrogens with zero attached hydrogens (tertiary/aromatic N) is 2. The molecule has 2 aliphatic rings. The molecule has 2 unspecified atom stereocenters. The van der Waals surface area contributed by atoms with Crippen LogP contribution in [0.25, 0.3) is 0 Å². The fourth-order valence-electron chi connectivity index (χ4n) is 5.08. The van der Waals surface area contributed by atoms with Crippen LogP contribution in [-0.4, -0.2) is 53.8 Å². The van der Waals surface area contributed by atoms with Crippen molar-refractivity contribution in [3.8, 4) is 0 Å². The van der Waals surface area contributed by atoms with Gasteiger partial charge in [0.05, 0.1) is 12.1 Å². The molecule has 4 rings (SSSR count). The number of carbonyl (C=O) groups is 2. The lowest BCUT2D eigenvalue weighted by Gasteiger charge is -2.41. The maximum Gasteiger partial charge on any atom is 0.254 e. The molecule has 2 atom stereocenters. The highest BCUT2D eigenvalue weighted by atomic mass is 19.1. The van der Waals surface area contributed by atoms with Gasteiger partial charge in [0, 0.05) is 31.7 Å². The third kappa shape index (κ3) is 5.18. The van der Waals surface area contributed by atoms with E-state index in [0.29, 0.717) is 37.7 Å². The largest absolute Gasteiger partial charge is 0.348 e. The minimum absolute atomic E-state index is 0.0524. The molecule has 0 spiro atoms. The van der Waals surface area contributed by atoms with Gasteiger partial charge >= 0.3 is 0 Å². The van der Waals surface area contributed by atoms with E-state index in [4.69, 9.17) is 0 Å². The second-order valence-electron chi connectivity index (χ2n) is 8.97. The van der Waals surface area contributed by atoms with Crippen LogP contribution >= 0.6 is 0 Å². The van der Waals surface area contributed by atoms with Crippen LogP contribution < -0.4 is 5.32 Å². The predicted octanol–water partition coefficient (Wildman–Crippen LogP) is 4.02. The maximum absolute atomic E-state index is 13.5. The first-order valence-corrected chi connectivity index (χ1v) is 11.7. The number of nitrogens with one attached hydrogen (secondary N) is 1. The van der Waals surface area contributed by atoms with E-state index in [1.54, 1.807) is 17.0 Å². The summed E-state index contributed by atoms with van der Waals surface area (Å²) in [6, 6.07) is 15.6. The van der Waals surface area contributed by atoms with Crippen molar-refractivity contribution in [1.29, 1.82) is 0 Å². The molecule has 170 valence electrons. The minimum Gasteiger partial charge on any atom is -0.348 e. The predicted molar refractivity (Wildman–Crippen MR) is 123 cm³/mol. The van der Waals surface area contributed by atoms with Crippen LogP contribution in [0.5, 0.6) is 0 Å². The van der Waals surface area contributed by atoms with E-state index in [1.165, 1.54) is 25.0 Å². The summed E-state index contributed by atoms with van der Waals surface area (Å²) < 4.78 is 13.5. The highest BCUT2D eigenvalue weighted by Crippen LogP contribution is 2.31. The van der Waals surface area contributed by atoms with Crippen LogP contribution in [0.4, 0.5) is 4.39 Å². The standard InChI is InChI=1S/C26H32FN3O2/c1-19(20-8-3-2-4-9-20)28-25(31)24(21-10-5-6-11-21)29-14-16-30(17-15-29)26(32)22-12-7-13-23(27)18-22/h2-4,7-9,12-13,18-19,21,24H,5-6,10-11,14-17H2,1H3,(H,28,31).